The van der Waals surface area contributed by atoms with Crippen molar-refractivity contribution in [3.63, 3.8) is 0 Å². The van der Waals surface area contributed by atoms with E-state index in [1.165, 1.54) is 44.9 Å². The summed E-state index contributed by atoms with van der Waals surface area (Å²) in [5.41, 5.74) is 3.54. The molecule has 0 heterocycles. The first kappa shape index (κ1) is 22.2. The number of nitrogens with one attached hydrogen (secondary N) is 1. The molecule has 0 atom stereocenters. The molecule has 0 aliphatic heterocycles. The van der Waals surface area contributed by atoms with E-state index in [0.717, 1.165) is 37.2 Å². The fourth-order valence-electron chi connectivity index (χ4n) is 2.67. The number of benzene rings is 1. The summed E-state index contributed by atoms with van der Waals surface area (Å²) in [5.74, 6) is 0.870. The molecule has 1 aromatic rings. The summed E-state index contributed by atoms with van der Waals surface area (Å²) in [5, 5.41) is 4.02. The molecule has 4 nitrogen and oxygen atoms in total. The highest BCUT2D eigenvalue weighted by molar-refractivity contribution is 5.82. The minimum atomic E-state index is -0.0132. The van der Waals surface area contributed by atoms with Crippen molar-refractivity contribution in [3.05, 3.63) is 29.8 Å². The summed E-state index contributed by atoms with van der Waals surface area (Å²) < 4.78 is 5.74. The molecule has 0 aromatic heterocycles. The van der Waals surface area contributed by atoms with Crippen LogP contribution in [0.3, 0.4) is 0 Å². The van der Waals surface area contributed by atoms with Crippen molar-refractivity contribution in [2.45, 2.75) is 84.5 Å². The molecule has 1 aromatic carbocycles. The minimum Gasteiger partial charge on any atom is -0.494 e. The van der Waals surface area contributed by atoms with Crippen molar-refractivity contribution in [1.82, 2.24) is 5.43 Å². The molecular formula is C22H36N2O2. The van der Waals surface area contributed by atoms with E-state index in [1.807, 2.05) is 24.3 Å². The lowest BCUT2D eigenvalue weighted by molar-refractivity contribution is -0.121. The summed E-state index contributed by atoms with van der Waals surface area (Å²) in [6.07, 6.45) is 14.2. The third kappa shape index (κ3) is 11.7. The maximum atomic E-state index is 11.7. The van der Waals surface area contributed by atoms with Crippen LogP contribution in [0, 0.1) is 0 Å². The monoisotopic (exact) mass is 360 g/mol. The molecular weight excluding hydrogens is 324 g/mol. The molecule has 0 unspecified atom stereocenters. The quantitative estimate of drug-likeness (QED) is 0.242. The number of hydrogen-bond acceptors (Lipinski definition) is 3. The zero-order valence-corrected chi connectivity index (χ0v) is 16.6. The highest BCUT2D eigenvalue weighted by Crippen LogP contribution is 2.12. The van der Waals surface area contributed by atoms with Crippen molar-refractivity contribution in [3.8, 4) is 5.75 Å². The summed E-state index contributed by atoms with van der Waals surface area (Å²) in [6.45, 7) is 5.18. The van der Waals surface area contributed by atoms with Crippen molar-refractivity contribution in [2.75, 3.05) is 6.61 Å². The normalized spacial score (nSPS) is 11.0. The van der Waals surface area contributed by atoms with Crippen molar-refractivity contribution in [1.29, 1.82) is 0 Å². The Morgan fingerprint density at radius 3 is 2.19 bits per heavy atom. The van der Waals surface area contributed by atoms with Gasteiger partial charge in [-0.1, -0.05) is 65.2 Å². The Morgan fingerprint density at radius 2 is 1.54 bits per heavy atom. The Kier molecular flexibility index (Phi) is 13.2. The molecule has 1 N–H and O–H groups in total. The summed E-state index contributed by atoms with van der Waals surface area (Å²) in [7, 11) is 0. The van der Waals surface area contributed by atoms with Gasteiger partial charge in [-0.05, 0) is 42.7 Å². The van der Waals surface area contributed by atoms with Crippen molar-refractivity contribution in [2.24, 2.45) is 5.10 Å². The zero-order chi connectivity index (χ0) is 18.9. The van der Waals surface area contributed by atoms with Gasteiger partial charge in [0.15, 0.2) is 0 Å². The number of carbonyl (C=O) groups excluding carboxylic acids is 1. The Morgan fingerprint density at radius 1 is 0.923 bits per heavy atom. The SMILES string of the molecule is CCCCCCCOc1ccc(C=NNC(=O)CCCCCCC)cc1. The second kappa shape index (κ2) is 15.4. The molecule has 26 heavy (non-hydrogen) atoms. The summed E-state index contributed by atoms with van der Waals surface area (Å²) >= 11 is 0. The van der Waals surface area contributed by atoms with E-state index in [2.05, 4.69) is 24.4 Å². The first-order valence-corrected chi connectivity index (χ1v) is 10.3. The Balaban J connectivity index is 2.16. The number of amides is 1. The van der Waals surface area contributed by atoms with Crippen LogP contribution in [0.1, 0.15) is 90.0 Å². The number of ether oxygens (including phenoxy) is 1. The third-order valence-electron chi connectivity index (χ3n) is 4.31. The van der Waals surface area contributed by atoms with E-state index in [1.54, 1.807) is 6.21 Å². The second-order valence-electron chi connectivity index (χ2n) is 6.79. The average Bonchev–Trinajstić information content (AvgIpc) is 2.65. The van der Waals surface area contributed by atoms with Gasteiger partial charge in [-0.2, -0.15) is 5.10 Å². The predicted molar refractivity (Wildman–Crippen MR) is 110 cm³/mol. The largest absolute Gasteiger partial charge is 0.494 e. The van der Waals surface area contributed by atoms with Gasteiger partial charge in [0.1, 0.15) is 5.75 Å². The van der Waals surface area contributed by atoms with Gasteiger partial charge >= 0.3 is 0 Å². The van der Waals surface area contributed by atoms with E-state index >= 15 is 0 Å². The Bertz CT molecular complexity index is 497. The molecule has 4 heteroatoms. The first-order valence-electron chi connectivity index (χ1n) is 10.3. The van der Waals surface area contributed by atoms with Crippen LogP contribution in [0.5, 0.6) is 5.75 Å². The summed E-state index contributed by atoms with van der Waals surface area (Å²) in [4.78, 5) is 11.7. The molecule has 146 valence electrons. The molecule has 0 spiro atoms. The molecule has 0 aliphatic rings. The first-order chi connectivity index (χ1) is 12.8. The summed E-state index contributed by atoms with van der Waals surface area (Å²) in [6, 6.07) is 7.80. The van der Waals surface area contributed by atoms with E-state index in [4.69, 9.17) is 4.74 Å². The van der Waals surface area contributed by atoms with Gasteiger partial charge in [0, 0.05) is 6.42 Å². The predicted octanol–water partition coefficient (Wildman–Crippen LogP) is 5.85. The van der Waals surface area contributed by atoms with Crippen LogP contribution in [0.15, 0.2) is 29.4 Å². The van der Waals surface area contributed by atoms with Gasteiger partial charge in [-0.15, -0.1) is 0 Å². The van der Waals surface area contributed by atoms with Crippen LogP contribution in [0.4, 0.5) is 0 Å². The van der Waals surface area contributed by atoms with E-state index in [9.17, 15) is 4.79 Å². The number of hydrazone groups is 1. The zero-order valence-electron chi connectivity index (χ0n) is 16.6. The highest BCUT2D eigenvalue weighted by Gasteiger charge is 1.99. The standard InChI is InChI=1S/C22H36N2O2/c1-3-5-7-9-11-13-22(25)24-23-19-20-14-16-21(17-15-20)26-18-12-10-8-6-4-2/h14-17,19H,3-13,18H2,1-2H3,(H,24,25). The average molecular weight is 361 g/mol. The van der Waals surface area contributed by atoms with E-state index in [0.29, 0.717) is 6.42 Å². The van der Waals surface area contributed by atoms with Crippen LogP contribution >= 0.6 is 0 Å². The number of hydrogen-bond donors (Lipinski definition) is 1. The van der Waals surface area contributed by atoms with E-state index in [-0.39, 0.29) is 5.91 Å². The lowest BCUT2D eigenvalue weighted by Crippen LogP contribution is -2.16. The van der Waals surface area contributed by atoms with Crippen molar-refractivity contribution < 1.29 is 9.53 Å². The van der Waals surface area contributed by atoms with Crippen LogP contribution in [-0.2, 0) is 4.79 Å². The van der Waals surface area contributed by atoms with E-state index < -0.39 is 0 Å². The number of rotatable bonds is 15. The van der Waals surface area contributed by atoms with Gasteiger partial charge in [0.05, 0.1) is 12.8 Å². The van der Waals surface area contributed by atoms with Crippen molar-refractivity contribution >= 4 is 12.1 Å². The van der Waals surface area contributed by atoms with Gasteiger partial charge in [-0.25, -0.2) is 5.43 Å². The minimum absolute atomic E-state index is 0.0132. The van der Waals surface area contributed by atoms with Crippen LogP contribution < -0.4 is 10.2 Å². The lowest BCUT2D eigenvalue weighted by Gasteiger charge is -2.06. The molecule has 1 amide bonds. The molecule has 0 aliphatic carbocycles. The third-order valence-corrected chi connectivity index (χ3v) is 4.31. The van der Waals surface area contributed by atoms with Crippen LogP contribution in [0.2, 0.25) is 0 Å². The molecule has 0 bridgehead atoms. The fraction of sp³-hybridized carbons (Fsp3) is 0.636. The molecule has 0 saturated heterocycles. The van der Waals surface area contributed by atoms with Gasteiger partial charge in [0.2, 0.25) is 5.91 Å². The van der Waals surface area contributed by atoms with Gasteiger partial charge in [-0.3, -0.25) is 4.79 Å². The number of carbonyl (C=O) groups is 1. The number of nitrogens with zero attached hydrogens (tertiary/aromatic N) is 1. The maximum Gasteiger partial charge on any atom is 0.240 e. The molecule has 0 radical (unpaired) electrons. The highest BCUT2D eigenvalue weighted by atomic mass is 16.5. The smallest absolute Gasteiger partial charge is 0.240 e. The Hall–Kier alpha value is -1.84. The van der Waals surface area contributed by atoms with Gasteiger partial charge in [0.25, 0.3) is 0 Å². The van der Waals surface area contributed by atoms with Crippen LogP contribution in [0.25, 0.3) is 0 Å². The number of unbranched alkanes of at least 4 members (excludes halogenated alkanes) is 8. The topological polar surface area (TPSA) is 50.7 Å². The fourth-order valence-corrected chi connectivity index (χ4v) is 2.67. The molecule has 0 saturated carbocycles. The lowest BCUT2D eigenvalue weighted by atomic mass is 10.1. The molecule has 1 rings (SSSR count). The molecule has 0 fully saturated rings. The second-order valence-corrected chi connectivity index (χ2v) is 6.79. The van der Waals surface area contributed by atoms with Crippen LogP contribution in [-0.4, -0.2) is 18.7 Å². The van der Waals surface area contributed by atoms with Gasteiger partial charge < -0.3 is 4.74 Å². The maximum absolute atomic E-state index is 11.7. The Labute approximate surface area is 159 Å².